The first-order valence-corrected chi connectivity index (χ1v) is 18.2. The summed E-state index contributed by atoms with van der Waals surface area (Å²) in [6, 6.07) is 22.9. The van der Waals surface area contributed by atoms with Gasteiger partial charge < -0.3 is 34.4 Å². The van der Waals surface area contributed by atoms with E-state index in [4.69, 9.17) is 41.3 Å². The molecule has 13 heteroatoms. The van der Waals surface area contributed by atoms with Crippen molar-refractivity contribution in [3.63, 3.8) is 0 Å². The molecule has 3 aromatic carbocycles. The summed E-state index contributed by atoms with van der Waals surface area (Å²) in [6.45, 7) is 7.06. The van der Waals surface area contributed by atoms with Gasteiger partial charge in [-0.2, -0.15) is 0 Å². The van der Waals surface area contributed by atoms with Gasteiger partial charge in [0.1, 0.15) is 30.3 Å². The number of aliphatic hydroxyl groups is 1. The highest BCUT2D eigenvalue weighted by atomic mass is 35.5. The molecule has 4 heterocycles. The number of imidazole rings is 1. The van der Waals surface area contributed by atoms with E-state index in [2.05, 4.69) is 53.0 Å². The van der Waals surface area contributed by atoms with Gasteiger partial charge in [0.2, 0.25) is 12.3 Å². The second-order valence-corrected chi connectivity index (χ2v) is 13.4. The average Bonchev–Trinajstić information content (AvgIpc) is 3.46. The number of carbonyl (C=O) groups excluding carboxylic acids is 2. The molecule has 2 aliphatic heterocycles. The number of likely N-dealkylation sites (tertiary alicyclic amines) is 1. The van der Waals surface area contributed by atoms with Gasteiger partial charge in [-0.15, -0.1) is 0 Å². The van der Waals surface area contributed by atoms with Gasteiger partial charge in [-0.05, 0) is 99.3 Å². The number of piperidine rings is 1. The molecule has 1 unspecified atom stereocenters. The van der Waals surface area contributed by atoms with Crippen LogP contribution in [0.4, 0.5) is 4.39 Å². The predicted octanol–water partition coefficient (Wildman–Crippen LogP) is 6.29. The summed E-state index contributed by atoms with van der Waals surface area (Å²) in [4.78, 5) is 32.7. The lowest BCUT2D eigenvalue weighted by Gasteiger charge is -2.31. The maximum Gasteiger partial charge on any atom is 0.213 e. The van der Waals surface area contributed by atoms with Gasteiger partial charge in [0, 0.05) is 55.6 Å². The van der Waals surface area contributed by atoms with Gasteiger partial charge in [-0.1, -0.05) is 41.9 Å². The molecular weight excluding hydrogens is 713 g/mol. The Kier molecular flexibility index (Phi) is 16.8. The molecule has 2 saturated heterocycles. The van der Waals surface area contributed by atoms with Crippen molar-refractivity contribution in [2.24, 2.45) is 7.05 Å². The van der Waals surface area contributed by atoms with E-state index in [-0.39, 0.29) is 18.2 Å². The van der Waals surface area contributed by atoms with Gasteiger partial charge in [0.15, 0.2) is 0 Å². The SMILES string of the molecule is C1COC1.CO.Cc1ccc2c(c1)nc(CN1CCC(c3cccc(OCc4ccc(Cl)cc4F)n3)CC1)n2C.O=CNC(C=O)Cc1ccc(O)cc1. The number of aldehydes is 1. The Bertz CT molecular complexity index is 1910. The van der Waals surface area contributed by atoms with E-state index in [1.54, 1.807) is 24.3 Å². The van der Waals surface area contributed by atoms with Crippen LogP contribution in [0, 0.1) is 12.7 Å². The summed E-state index contributed by atoms with van der Waals surface area (Å²) in [5, 5.41) is 18.8. The quantitative estimate of drug-likeness (QED) is 0.133. The topological polar surface area (TPSA) is 139 Å². The molecule has 0 radical (unpaired) electrons. The van der Waals surface area contributed by atoms with Gasteiger partial charge in [0.05, 0.1) is 23.6 Å². The lowest BCUT2D eigenvalue weighted by molar-refractivity contribution is -0.115. The molecule has 11 nitrogen and oxygen atoms in total. The highest BCUT2D eigenvalue weighted by molar-refractivity contribution is 6.30. The number of amides is 1. The van der Waals surface area contributed by atoms with Crippen molar-refractivity contribution in [1.82, 2.24) is 24.8 Å². The number of rotatable bonds is 11. The zero-order valence-electron chi connectivity index (χ0n) is 31.0. The maximum absolute atomic E-state index is 14.0. The molecule has 5 aromatic rings. The Morgan fingerprint density at radius 3 is 2.35 bits per heavy atom. The second-order valence-electron chi connectivity index (χ2n) is 12.9. The summed E-state index contributed by atoms with van der Waals surface area (Å²) in [5.41, 5.74) is 5.85. The van der Waals surface area contributed by atoms with Crippen molar-refractivity contribution in [3.8, 4) is 11.6 Å². The van der Waals surface area contributed by atoms with Crippen LogP contribution in [0.3, 0.4) is 0 Å². The summed E-state index contributed by atoms with van der Waals surface area (Å²) in [5.74, 6) is 1.81. The van der Waals surface area contributed by atoms with Gasteiger partial charge >= 0.3 is 0 Å². The van der Waals surface area contributed by atoms with Crippen molar-refractivity contribution in [1.29, 1.82) is 0 Å². The lowest BCUT2D eigenvalue weighted by Crippen LogP contribution is -2.33. The molecule has 7 rings (SSSR count). The lowest BCUT2D eigenvalue weighted by atomic mass is 9.93. The highest BCUT2D eigenvalue weighted by Crippen LogP contribution is 2.29. The van der Waals surface area contributed by atoms with Gasteiger partial charge in [0.25, 0.3) is 0 Å². The van der Waals surface area contributed by atoms with Crippen LogP contribution in [-0.2, 0) is 40.9 Å². The number of nitrogens with one attached hydrogen (secondary N) is 1. The van der Waals surface area contributed by atoms with Crippen LogP contribution in [0.2, 0.25) is 5.02 Å². The normalized spacial score (nSPS) is 14.5. The third kappa shape index (κ3) is 12.6. The van der Waals surface area contributed by atoms with E-state index in [9.17, 15) is 14.0 Å². The summed E-state index contributed by atoms with van der Waals surface area (Å²) in [7, 11) is 3.10. The first kappa shape index (κ1) is 41.9. The molecule has 0 aliphatic carbocycles. The van der Waals surface area contributed by atoms with Gasteiger partial charge in [-0.3, -0.25) is 9.69 Å². The van der Waals surface area contributed by atoms with Crippen LogP contribution in [0.25, 0.3) is 11.0 Å². The van der Waals surface area contributed by atoms with Crippen molar-refractivity contribution in [3.05, 3.63) is 118 Å². The van der Waals surface area contributed by atoms with E-state index in [0.29, 0.717) is 41.5 Å². The molecule has 1 amide bonds. The number of benzene rings is 3. The number of aliphatic hydroxyl groups excluding tert-OH is 1. The summed E-state index contributed by atoms with van der Waals surface area (Å²) in [6.07, 6.45) is 4.96. The van der Waals surface area contributed by atoms with Gasteiger partial charge in [-0.25, -0.2) is 14.4 Å². The van der Waals surface area contributed by atoms with E-state index >= 15 is 0 Å². The fourth-order valence-corrected chi connectivity index (χ4v) is 6.04. The van der Waals surface area contributed by atoms with Crippen LogP contribution in [-0.4, -0.2) is 81.8 Å². The molecule has 3 N–H and O–H groups in total. The van der Waals surface area contributed by atoms with E-state index < -0.39 is 6.04 Å². The Morgan fingerprint density at radius 2 is 1.72 bits per heavy atom. The third-order valence-corrected chi connectivity index (χ3v) is 9.29. The Balaban J connectivity index is 0.000000268. The molecule has 288 valence electrons. The number of hydrogen-bond acceptors (Lipinski definition) is 9. The van der Waals surface area contributed by atoms with E-state index in [1.807, 2.05) is 12.1 Å². The zero-order valence-corrected chi connectivity index (χ0v) is 31.7. The minimum absolute atomic E-state index is 0.120. The smallest absolute Gasteiger partial charge is 0.213 e. The number of aromatic nitrogens is 3. The van der Waals surface area contributed by atoms with E-state index in [0.717, 1.165) is 75.4 Å². The standard InChI is InChI=1S/C27H28ClFN4O.C10H11NO3.C3H6O.CH4O/c1-18-6-9-25-24(14-18)30-26(32(25)2)16-33-12-10-19(11-13-33)23-4-3-5-27(31-23)34-17-20-7-8-21(28)15-22(20)29;12-6-9(11-7-13)5-8-1-3-10(14)4-2-8;1-2-4-3-1;1-2/h3-9,14-15,19H,10-13,16-17H2,1-2H3;1-4,6-7,9,14H,5H2,(H,11,13);1-3H2;2H,1H3. The van der Waals surface area contributed by atoms with Crippen LogP contribution in [0.5, 0.6) is 11.6 Å². The number of aromatic hydroxyl groups is 1. The maximum atomic E-state index is 14.0. The van der Waals surface area contributed by atoms with Crippen molar-refractivity contribution >= 4 is 35.3 Å². The monoisotopic (exact) mass is 761 g/mol. The number of hydrogen-bond donors (Lipinski definition) is 3. The van der Waals surface area contributed by atoms with E-state index in [1.165, 1.54) is 35.7 Å². The molecular formula is C41H49ClFN5O6. The van der Waals surface area contributed by atoms with Crippen LogP contribution >= 0.6 is 11.6 Å². The first-order valence-electron chi connectivity index (χ1n) is 17.9. The van der Waals surface area contributed by atoms with Crippen LogP contribution < -0.4 is 10.1 Å². The molecule has 1 atom stereocenters. The summed E-state index contributed by atoms with van der Waals surface area (Å²) >= 11 is 5.83. The number of aryl methyl sites for hydroxylation is 2. The molecule has 0 saturated carbocycles. The Morgan fingerprint density at radius 1 is 1.02 bits per heavy atom. The number of carbonyl (C=O) groups is 2. The minimum Gasteiger partial charge on any atom is -0.508 e. The highest BCUT2D eigenvalue weighted by Gasteiger charge is 2.23. The first-order chi connectivity index (χ1) is 26.2. The molecule has 54 heavy (non-hydrogen) atoms. The van der Waals surface area contributed by atoms with Crippen molar-refractivity contribution in [2.45, 2.75) is 57.7 Å². The van der Waals surface area contributed by atoms with Crippen molar-refractivity contribution < 1.29 is 33.7 Å². The van der Waals surface area contributed by atoms with Crippen LogP contribution in [0.1, 0.15) is 53.4 Å². The number of phenolic OH excluding ortho intramolecular Hbond substituents is 1. The fourth-order valence-electron chi connectivity index (χ4n) is 5.88. The number of halogens is 2. The minimum atomic E-state index is -0.503. The number of phenols is 1. The predicted molar refractivity (Wildman–Crippen MR) is 207 cm³/mol. The number of pyridine rings is 1. The molecule has 2 fully saturated rings. The fraction of sp³-hybridized carbons (Fsp3) is 0.366. The Hall–Kier alpha value is -4.88. The average molecular weight is 762 g/mol. The molecule has 0 spiro atoms. The Labute approximate surface area is 320 Å². The van der Waals surface area contributed by atoms with Crippen molar-refractivity contribution in [2.75, 3.05) is 33.4 Å². The third-order valence-electron chi connectivity index (χ3n) is 9.05. The largest absolute Gasteiger partial charge is 0.508 e. The molecule has 0 bridgehead atoms. The zero-order chi connectivity index (χ0) is 38.9. The second kappa shape index (κ2) is 21.7. The molecule has 2 aliphatic rings. The number of ether oxygens (including phenoxy) is 2. The number of fused-ring (bicyclic) bond motifs is 1. The number of nitrogens with zero attached hydrogens (tertiary/aromatic N) is 4. The summed E-state index contributed by atoms with van der Waals surface area (Å²) < 4.78 is 26.7. The molecule has 2 aromatic heterocycles. The van der Waals surface area contributed by atoms with Crippen LogP contribution in [0.15, 0.2) is 78.9 Å².